The second-order valence-corrected chi connectivity index (χ2v) is 7.15. The fraction of sp³-hybridized carbons (Fsp3) is 0.474. The van der Waals surface area contributed by atoms with Gasteiger partial charge in [0.2, 0.25) is 0 Å². The Morgan fingerprint density at radius 2 is 1.84 bits per heavy atom. The fourth-order valence-corrected chi connectivity index (χ4v) is 3.76. The van der Waals surface area contributed by atoms with E-state index in [0.29, 0.717) is 17.8 Å². The van der Waals surface area contributed by atoms with E-state index < -0.39 is 0 Å². The van der Waals surface area contributed by atoms with E-state index in [4.69, 9.17) is 0 Å². The van der Waals surface area contributed by atoms with Gasteiger partial charge in [-0.3, -0.25) is 0 Å². The Labute approximate surface area is 117 Å². The number of hydrogen-bond donors (Lipinski definition) is 0. The van der Waals surface area contributed by atoms with Crippen molar-refractivity contribution in [3.05, 3.63) is 46.9 Å². The largest absolute Gasteiger partial charge is 0.0988 e. The molecule has 0 nitrogen and oxygen atoms in total. The third-order valence-corrected chi connectivity index (χ3v) is 4.40. The summed E-state index contributed by atoms with van der Waals surface area (Å²) in [5.41, 5.74) is 3.10. The molecule has 0 heterocycles. The number of allylic oxidation sites excluding steroid dienone is 1. The van der Waals surface area contributed by atoms with Crippen molar-refractivity contribution in [2.24, 2.45) is 17.3 Å². The summed E-state index contributed by atoms with van der Waals surface area (Å²) in [6, 6.07) is 6.54. The highest BCUT2D eigenvalue weighted by Gasteiger charge is 2.41. The van der Waals surface area contributed by atoms with Crippen molar-refractivity contribution in [1.29, 1.82) is 0 Å². The predicted molar refractivity (Wildman–Crippen MR) is 85.3 cm³/mol. The molecule has 0 radical (unpaired) electrons. The van der Waals surface area contributed by atoms with Crippen LogP contribution in [0.2, 0.25) is 0 Å². The molecule has 1 aromatic rings. The lowest BCUT2D eigenvalue weighted by Gasteiger charge is -2.36. The van der Waals surface area contributed by atoms with E-state index in [1.165, 1.54) is 16.4 Å². The summed E-state index contributed by atoms with van der Waals surface area (Å²) < 4.78 is 0. The van der Waals surface area contributed by atoms with Gasteiger partial charge in [-0.25, -0.2) is 0 Å². The Balaban J connectivity index is 2.82. The minimum absolute atomic E-state index is 0.240. The monoisotopic (exact) mass is 254 g/mol. The Hall–Kier alpha value is -1.30. The molecule has 0 bridgehead atoms. The van der Waals surface area contributed by atoms with Crippen molar-refractivity contribution in [3.63, 3.8) is 0 Å². The van der Waals surface area contributed by atoms with E-state index in [1.807, 2.05) is 0 Å². The quantitative estimate of drug-likeness (QED) is 0.752. The first-order valence-electron chi connectivity index (χ1n) is 7.23. The highest BCUT2D eigenvalue weighted by molar-refractivity contribution is 5.66. The van der Waals surface area contributed by atoms with Crippen LogP contribution in [0.1, 0.15) is 46.1 Å². The van der Waals surface area contributed by atoms with Gasteiger partial charge in [0.15, 0.2) is 0 Å². The minimum atomic E-state index is 0.240. The maximum atomic E-state index is 4.23. The fourth-order valence-electron chi connectivity index (χ4n) is 3.76. The van der Waals surface area contributed by atoms with Crippen LogP contribution in [0, 0.1) is 17.3 Å². The van der Waals surface area contributed by atoms with Gasteiger partial charge >= 0.3 is 0 Å². The average molecular weight is 254 g/mol. The second kappa shape index (κ2) is 4.67. The molecule has 1 aromatic carbocycles. The molecule has 0 aromatic heterocycles. The summed E-state index contributed by atoms with van der Waals surface area (Å²) in [4.78, 5) is 0. The van der Waals surface area contributed by atoms with Crippen molar-refractivity contribution >= 4 is 12.2 Å². The van der Waals surface area contributed by atoms with Gasteiger partial charge in [-0.05, 0) is 44.7 Å². The maximum Gasteiger partial charge on any atom is -0.00357 e. The van der Waals surface area contributed by atoms with Crippen LogP contribution in [0.5, 0.6) is 0 Å². The van der Waals surface area contributed by atoms with E-state index in [1.54, 1.807) is 0 Å². The van der Waals surface area contributed by atoms with E-state index in [9.17, 15) is 0 Å². The lowest BCUT2D eigenvalue weighted by Crippen LogP contribution is -2.27. The number of rotatable bonds is 2. The predicted octanol–water partition coefficient (Wildman–Crippen LogP) is 3.85. The molecular formula is C19H26. The minimum Gasteiger partial charge on any atom is -0.0988 e. The standard InChI is InChI=1S/C19H26/c1-8-14-17-13(4)10-9-11-15(17)16(12(2)3)18(14)19(5,6)7/h8-12,16,18H,1,4H2,2-3,5-7H3. The van der Waals surface area contributed by atoms with Crippen molar-refractivity contribution < 1.29 is 0 Å². The summed E-state index contributed by atoms with van der Waals surface area (Å²) in [7, 11) is 0. The molecule has 0 fully saturated rings. The molecule has 2 rings (SSSR count). The molecule has 1 aliphatic rings. The van der Waals surface area contributed by atoms with Gasteiger partial charge < -0.3 is 0 Å². The molecule has 1 aliphatic carbocycles. The summed E-state index contributed by atoms with van der Waals surface area (Å²) >= 11 is 0. The molecular weight excluding hydrogens is 228 g/mol. The lowest BCUT2D eigenvalue weighted by molar-refractivity contribution is 0.235. The van der Waals surface area contributed by atoms with Crippen LogP contribution in [-0.4, -0.2) is 0 Å². The maximum absolute atomic E-state index is 4.23. The van der Waals surface area contributed by atoms with Gasteiger partial charge in [0.1, 0.15) is 0 Å². The highest BCUT2D eigenvalue weighted by Crippen LogP contribution is 2.48. The summed E-state index contributed by atoms with van der Waals surface area (Å²) in [5, 5.41) is 2.50. The van der Waals surface area contributed by atoms with Gasteiger partial charge in [-0.1, -0.05) is 72.1 Å². The van der Waals surface area contributed by atoms with Crippen LogP contribution in [0.3, 0.4) is 0 Å². The second-order valence-electron chi connectivity index (χ2n) is 7.15. The molecule has 0 saturated heterocycles. The van der Waals surface area contributed by atoms with E-state index in [0.717, 1.165) is 5.22 Å². The van der Waals surface area contributed by atoms with E-state index >= 15 is 0 Å². The first kappa shape index (κ1) is 14.1. The molecule has 19 heavy (non-hydrogen) atoms. The number of fused-ring (bicyclic) bond motifs is 1. The van der Waals surface area contributed by atoms with E-state index in [-0.39, 0.29) is 5.41 Å². The van der Waals surface area contributed by atoms with Crippen LogP contribution in [0.15, 0.2) is 30.9 Å². The zero-order valence-corrected chi connectivity index (χ0v) is 13.0. The van der Waals surface area contributed by atoms with Crippen molar-refractivity contribution in [2.45, 2.75) is 40.5 Å². The van der Waals surface area contributed by atoms with Crippen molar-refractivity contribution in [3.8, 4) is 0 Å². The average Bonchev–Trinajstić information content (AvgIpc) is 2.64. The molecule has 0 aliphatic heterocycles. The van der Waals surface area contributed by atoms with Crippen molar-refractivity contribution in [1.82, 2.24) is 0 Å². The third-order valence-electron chi connectivity index (χ3n) is 4.40. The van der Waals surface area contributed by atoms with E-state index in [2.05, 4.69) is 72.1 Å². The van der Waals surface area contributed by atoms with Crippen LogP contribution in [0.25, 0.3) is 12.2 Å². The Morgan fingerprint density at radius 3 is 2.32 bits per heavy atom. The summed E-state index contributed by atoms with van der Waals surface area (Å²) in [6.45, 7) is 20.0. The third kappa shape index (κ3) is 2.18. The zero-order chi connectivity index (χ0) is 14.4. The first-order valence-corrected chi connectivity index (χ1v) is 7.23. The lowest BCUT2D eigenvalue weighted by atomic mass is 9.67. The summed E-state index contributed by atoms with van der Waals surface area (Å²) in [5.74, 6) is 1.73. The molecule has 102 valence electrons. The first-order chi connectivity index (χ1) is 8.79. The Kier molecular flexibility index (Phi) is 3.47. The molecule has 0 saturated carbocycles. The highest BCUT2D eigenvalue weighted by atomic mass is 14.4. The van der Waals surface area contributed by atoms with Gasteiger partial charge in [-0.2, -0.15) is 0 Å². The van der Waals surface area contributed by atoms with Gasteiger partial charge in [0.05, 0.1) is 0 Å². The van der Waals surface area contributed by atoms with Crippen LogP contribution >= 0.6 is 0 Å². The Bertz CT molecular complexity index is 596. The number of benzene rings is 1. The van der Waals surface area contributed by atoms with Crippen molar-refractivity contribution in [2.75, 3.05) is 0 Å². The van der Waals surface area contributed by atoms with Gasteiger partial charge in [0, 0.05) is 0 Å². The van der Waals surface area contributed by atoms with Crippen LogP contribution in [-0.2, 0) is 0 Å². The van der Waals surface area contributed by atoms with Crippen LogP contribution in [0.4, 0.5) is 0 Å². The molecule has 0 heteroatoms. The smallest absolute Gasteiger partial charge is 0.00357 e. The zero-order valence-electron chi connectivity index (χ0n) is 13.0. The summed E-state index contributed by atoms with van der Waals surface area (Å²) in [6.07, 6.45) is 2.06. The normalized spacial score (nSPS) is 22.7. The number of hydrogen-bond acceptors (Lipinski definition) is 0. The molecule has 2 atom stereocenters. The Morgan fingerprint density at radius 1 is 1.21 bits per heavy atom. The van der Waals surface area contributed by atoms with Gasteiger partial charge in [0.25, 0.3) is 0 Å². The molecule has 0 spiro atoms. The SMILES string of the molecule is C=CC1=c2c(cccc2=C)C(C(C)C)C1C(C)(C)C. The molecule has 2 unspecified atom stereocenters. The molecule has 0 N–H and O–H groups in total. The van der Waals surface area contributed by atoms with Crippen LogP contribution < -0.4 is 10.4 Å². The topological polar surface area (TPSA) is 0 Å². The van der Waals surface area contributed by atoms with Gasteiger partial charge in [-0.15, -0.1) is 0 Å². The molecule has 0 amide bonds.